The Morgan fingerprint density at radius 2 is 2.32 bits per heavy atom. The van der Waals surface area contributed by atoms with Crippen LogP contribution < -0.4 is 11.0 Å². The van der Waals surface area contributed by atoms with Crippen LogP contribution in [0.2, 0.25) is 0 Å². The summed E-state index contributed by atoms with van der Waals surface area (Å²) in [5.74, 6) is -0.115. The summed E-state index contributed by atoms with van der Waals surface area (Å²) in [6.07, 6.45) is 5.39. The fourth-order valence-corrected chi connectivity index (χ4v) is 1.58. The molecule has 0 fully saturated rings. The van der Waals surface area contributed by atoms with Crippen LogP contribution in [0.1, 0.15) is 32.6 Å². The van der Waals surface area contributed by atoms with Crippen molar-refractivity contribution in [1.29, 1.82) is 0 Å². The van der Waals surface area contributed by atoms with Crippen molar-refractivity contribution in [2.24, 2.45) is 0 Å². The Balaban J connectivity index is 1.98. The van der Waals surface area contributed by atoms with Gasteiger partial charge in [-0.15, -0.1) is 0 Å². The molecule has 0 radical (unpaired) electrons. The van der Waals surface area contributed by atoms with Crippen LogP contribution in [-0.2, 0) is 16.1 Å². The fraction of sp³-hybridized carbons (Fsp3) is 0.750. The second kappa shape index (κ2) is 9.32. The van der Waals surface area contributed by atoms with Gasteiger partial charge in [-0.2, -0.15) is 5.10 Å². The third-order valence-electron chi connectivity index (χ3n) is 2.64. The molecule has 0 spiro atoms. The van der Waals surface area contributed by atoms with Crippen molar-refractivity contribution in [2.75, 3.05) is 19.8 Å². The first-order chi connectivity index (χ1) is 9.24. The number of unbranched alkanes of at least 4 members (excludes halogenated alkanes) is 2. The molecule has 7 nitrogen and oxygen atoms in total. The lowest BCUT2D eigenvalue weighted by molar-refractivity contribution is -0.125. The molecule has 2 N–H and O–H groups in total. The number of nitrogens with one attached hydrogen (secondary N) is 2. The summed E-state index contributed by atoms with van der Waals surface area (Å²) in [4.78, 5) is 22.5. The van der Waals surface area contributed by atoms with Crippen molar-refractivity contribution < 1.29 is 9.53 Å². The van der Waals surface area contributed by atoms with E-state index in [0.717, 1.165) is 19.3 Å². The largest absolute Gasteiger partial charge is 0.372 e. The zero-order chi connectivity index (χ0) is 13.9. The highest BCUT2D eigenvalue weighted by Crippen LogP contribution is 1.93. The molecule has 0 aliphatic carbocycles. The molecule has 0 bridgehead atoms. The Morgan fingerprint density at radius 3 is 3.00 bits per heavy atom. The number of aryl methyl sites for hydroxylation is 1. The van der Waals surface area contributed by atoms with Gasteiger partial charge in [-0.1, -0.05) is 19.8 Å². The number of carbonyl (C=O) groups excluding carboxylic acids is 1. The van der Waals surface area contributed by atoms with Crippen molar-refractivity contribution in [3.63, 3.8) is 0 Å². The average Bonchev–Trinajstić information content (AvgIpc) is 2.80. The van der Waals surface area contributed by atoms with Crippen LogP contribution in [0.25, 0.3) is 0 Å². The van der Waals surface area contributed by atoms with Crippen molar-refractivity contribution in [1.82, 2.24) is 20.1 Å². The molecule has 0 aliphatic heterocycles. The van der Waals surface area contributed by atoms with Gasteiger partial charge in [0.05, 0.1) is 0 Å². The van der Waals surface area contributed by atoms with Crippen molar-refractivity contribution >= 4 is 5.91 Å². The summed E-state index contributed by atoms with van der Waals surface area (Å²) in [5.41, 5.74) is -0.231. The molecule has 1 aromatic heterocycles. The maximum Gasteiger partial charge on any atom is 0.343 e. The highest BCUT2D eigenvalue weighted by molar-refractivity contribution is 5.77. The normalized spacial score (nSPS) is 10.6. The Bertz CT molecular complexity index is 413. The van der Waals surface area contributed by atoms with Gasteiger partial charge in [0.1, 0.15) is 12.9 Å². The Hall–Kier alpha value is -1.63. The van der Waals surface area contributed by atoms with Gasteiger partial charge in [0.2, 0.25) is 5.91 Å². The molecule has 1 aromatic rings. The van der Waals surface area contributed by atoms with Crippen LogP contribution in [0.15, 0.2) is 11.1 Å². The second-order valence-corrected chi connectivity index (χ2v) is 4.32. The minimum atomic E-state index is -0.231. The quantitative estimate of drug-likeness (QED) is 0.598. The number of aromatic amines is 1. The van der Waals surface area contributed by atoms with Gasteiger partial charge in [-0.25, -0.2) is 9.89 Å². The number of aromatic nitrogens is 3. The molecule has 108 valence electrons. The fourth-order valence-electron chi connectivity index (χ4n) is 1.58. The summed E-state index contributed by atoms with van der Waals surface area (Å²) in [5, 5.41) is 8.68. The third kappa shape index (κ3) is 6.76. The summed E-state index contributed by atoms with van der Waals surface area (Å²) < 4.78 is 6.70. The van der Waals surface area contributed by atoms with Gasteiger partial charge in [-0.05, 0) is 12.8 Å². The molecule has 1 rings (SSSR count). The number of amides is 1. The maximum absolute atomic E-state index is 11.4. The van der Waals surface area contributed by atoms with E-state index in [0.29, 0.717) is 26.1 Å². The lowest BCUT2D eigenvalue weighted by Gasteiger charge is -2.06. The first-order valence-corrected chi connectivity index (χ1v) is 6.68. The van der Waals surface area contributed by atoms with E-state index in [-0.39, 0.29) is 18.2 Å². The van der Waals surface area contributed by atoms with E-state index in [9.17, 15) is 9.59 Å². The monoisotopic (exact) mass is 270 g/mol. The number of nitrogens with zero attached hydrogens (tertiary/aromatic N) is 2. The lowest BCUT2D eigenvalue weighted by atomic mass is 10.3. The molecule has 0 saturated carbocycles. The Morgan fingerprint density at radius 1 is 1.47 bits per heavy atom. The zero-order valence-electron chi connectivity index (χ0n) is 11.4. The second-order valence-electron chi connectivity index (χ2n) is 4.32. The first-order valence-electron chi connectivity index (χ1n) is 6.68. The SMILES string of the molecule is CCCCCOCC(=O)NCCCn1cn[nH]c1=O. The van der Waals surface area contributed by atoms with E-state index in [2.05, 4.69) is 22.4 Å². The van der Waals surface area contributed by atoms with Gasteiger partial charge in [0.15, 0.2) is 0 Å². The van der Waals surface area contributed by atoms with Crippen LogP contribution in [0.4, 0.5) is 0 Å². The first kappa shape index (κ1) is 15.4. The number of hydrogen-bond acceptors (Lipinski definition) is 4. The van der Waals surface area contributed by atoms with E-state index < -0.39 is 0 Å². The third-order valence-corrected chi connectivity index (χ3v) is 2.64. The molecule has 1 heterocycles. The lowest BCUT2D eigenvalue weighted by Crippen LogP contribution is -2.29. The molecule has 0 unspecified atom stereocenters. The minimum Gasteiger partial charge on any atom is -0.372 e. The highest BCUT2D eigenvalue weighted by Gasteiger charge is 2.01. The van der Waals surface area contributed by atoms with Gasteiger partial charge in [0, 0.05) is 19.7 Å². The summed E-state index contributed by atoms with van der Waals surface area (Å²) >= 11 is 0. The molecule has 1 amide bonds. The van der Waals surface area contributed by atoms with E-state index in [1.807, 2.05) is 0 Å². The van der Waals surface area contributed by atoms with Gasteiger partial charge < -0.3 is 10.1 Å². The molecular weight excluding hydrogens is 248 g/mol. The number of rotatable bonds is 10. The van der Waals surface area contributed by atoms with Crippen LogP contribution in [0.5, 0.6) is 0 Å². The molecule has 19 heavy (non-hydrogen) atoms. The van der Waals surface area contributed by atoms with E-state index >= 15 is 0 Å². The van der Waals surface area contributed by atoms with Gasteiger partial charge in [-0.3, -0.25) is 9.36 Å². The Labute approximate surface area is 112 Å². The number of carbonyl (C=O) groups is 1. The molecule has 7 heteroatoms. The zero-order valence-corrected chi connectivity index (χ0v) is 11.4. The number of hydrogen-bond donors (Lipinski definition) is 2. The predicted octanol–water partition coefficient (Wildman–Crippen LogP) is 0.285. The van der Waals surface area contributed by atoms with Crippen LogP contribution >= 0.6 is 0 Å². The number of H-pyrrole nitrogens is 1. The highest BCUT2D eigenvalue weighted by atomic mass is 16.5. The van der Waals surface area contributed by atoms with Gasteiger partial charge >= 0.3 is 5.69 Å². The average molecular weight is 270 g/mol. The molecular formula is C12H22N4O3. The number of ether oxygens (including phenoxy) is 1. The molecule has 0 saturated heterocycles. The van der Waals surface area contributed by atoms with E-state index in [1.165, 1.54) is 10.9 Å². The summed E-state index contributed by atoms with van der Waals surface area (Å²) in [6, 6.07) is 0. The minimum absolute atomic E-state index is 0.107. The molecule has 0 aliphatic rings. The topological polar surface area (TPSA) is 89.0 Å². The smallest absolute Gasteiger partial charge is 0.343 e. The van der Waals surface area contributed by atoms with Gasteiger partial charge in [0.25, 0.3) is 0 Å². The maximum atomic E-state index is 11.4. The van der Waals surface area contributed by atoms with Crippen molar-refractivity contribution in [2.45, 2.75) is 39.2 Å². The molecule has 0 atom stereocenters. The van der Waals surface area contributed by atoms with Crippen LogP contribution in [0.3, 0.4) is 0 Å². The van der Waals surface area contributed by atoms with E-state index in [1.54, 1.807) is 0 Å². The standard InChI is InChI=1S/C12H22N4O3/c1-2-3-4-8-19-9-11(17)13-6-5-7-16-10-14-15-12(16)18/h10H,2-9H2,1H3,(H,13,17)(H,15,18). The molecule has 0 aromatic carbocycles. The van der Waals surface area contributed by atoms with Crippen LogP contribution in [-0.4, -0.2) is 40.4 Å². The van der Waals surface area contributed by atoms with Crippen LogP contribution in [0, 0.1) is 0 Å². The predicted molar refractivity (Wildman–Crippen MR) is 70.8 cm³/mol. The Kier molecular flexibility index (Phi) is 7.57. The van der Waals surface area contributed by atoms with Crippen molar-refractivity contribution in [3.05, 3.63) is 16.8 Å². The van der Waals surface area contributed by atoms with E-state index in [4.69, 9.17) is 4.74 Å². The van der Waals surface area contributed by atoms with Crippen molar-refractivity contribution in [3.8, 4) is 0 Å². The summed E-state index contributed by atoms with van der Waals surface area (Å²) in [6.45, 7) is 3.92. The summed E-state index contributed by atoms with van der Waals surface area (Å²) in [7, 11) is 0.